The Bertz CT molecular complexity index is 1060. The first kappa shape index (κ1) is 21.9. The van der Waals surface area contributed by atoms with Gasteiger partial charge in [0.1, 0.15) is 11.5 Å². The van der Waals surface area contributed by atoms with E-state index >= 15 is 0 Å². The second kappa shape index (κ2) is 10.3. The molecule has 1 atom stereocenters. The Morgan fingerprint density at radius 1 is 1.12 bits per heavy atom. The molecule has 5 rings (SSSR count). The minimum atomic E-state index is 0.387. The number of anilines is 2. The predicted octanol–water partition coefficient (Wildman–Crippen LogP) is 4.03. The lowest BCUT2D eigenvalue weighted by Crippen LogP contribution is -2.33. The molecule has 33 heavy (non-hydrogen) atoms. The smallest absolute Gasteiger partial charge is 0.227 e. The van der Waals surface area contributed by atoms with Gasteiger partial charge in [0.05, 0.1) is 23.6 Å². The number of hydrogen-bond donors (Lipinski definition) is 3. The molecule has 1 aromatic carbocycles. The van der Waals surface area contributed by atoms with Gasteiger partial charge in [-0.05, 0) is 70.4 Å². The Hall–Kier alpha value is -2.97. The molecule has 2 aliphatic heterocycles. The van der Waals surface area contributed by atoms with E-state index in [-0.39, 0.29) is 0 Å². The largest absolute Gasteiger partial charge is 0.493 e. The van der Waals surface area contributed by atoms with Gasteiger partial charge >= 0.3 is 0 Å². The highest BCUT2D eigenvalue weighted by Crippen LogP contribution is 2.35. The van der Waals surface area contributed by atoms with E-state index in [1.807, 2.05) is 37.3 Å². The zero-order valence-corrected chi connectivity index (χ0v) is 19.1. The molecule has 0 amide bonds. The van der Waals surface area contributed by atoms with Crippen molar-refractivity contribution in [2.75, 3.05) is 38.1 Å². The van der Waals surface area contributed by atoms with E-state index < -0.39 is 0 Å². The highest BCUT2D eigenvalue weighted by Gasteiger charge is 2.25. The summed E-state index contributed by atoms with van der Waals surface area (Å²) in [5, 5.41) is 14.6. The lowest BCUT2D eigenvalue weighted by molar-refractivity contribution is 0.218. The molecule has 3 N–H and O–H groups in total. The Labute approximate surface area is 194 Å². The molecule has 0 saturated carbocycles. The van der Waals surface area contributed by atoms with Crippen LogP contribution in [0.1, 0.15) is 43.1 Å². The zero-order chi connectivity index (χ0) is 22.5. The van der Waals surface area contributed by atoms with Gasteiger partial charge in [0.2, 0.25) is 5.95 Å². The standard InChI is InChI=1S/C25H32N6O2/c1-17-23(24(31-33-17)19-7-11-26-12-8-19)22-9-13-28-25(30-22)29-20-5-2-6-21(14-20)32-16-18-4-3-10-27-15-18/h2,5-6,9,13-14,18-19,26-27H,3-4,7-8,10-12,15-16H2,1H3,(H,28,29,30). The third-order valence-electron chi connectivity index (χ3n) is 6.50. The lowest BCUT2D eigenvalue weighted by Gasteiger charge is -2.22. The summed E-state index contributed by atoms with van der Waals surface area (Å²) in [6.45, 7) is 6.83. The maximum absolute atomic E-state index is 6.06. The summed E-state index contributed by atoms with van der Waals surface area (Å²) < 4.78 is 11.6. The molecule has 0 spiro atoms. The van der Waals surface area contributed by atoms with Crippen molar-refractivity contribution < 1.29 is 9.26 Å². The van der Waals surface area contributed by atoms with Crippen LogP contribution in [0, 0.1) is 12.8 Å². The molecule has 1 unspecified atom stereocenters. The molecule has 8 nitrogen and oxygen atoms in total. The van der Waals surface area contributed by atoms with Gasteiger partial charge in [0.25, 0.3) is 0 Å². The van der Waals surface area contributed by atoms with E-state index in [4.69, 9.17) is 14.2 Å². The minimum absolute atomic E-state index is 0.387. The SMILES string of the molecule is Cc1onc(C2CCNCC2)c1-c1ccnc(Nc2cccc(OCC3CCCNC3)c2)n1. The maximum Gasteiger partial charge on any atom is 0.227 e. The highest BCUT2D eigenvalue weighted by molar-refractivity contribution is 5.66. The number of aromatic nitrogens is 3. The van der Waals surface area contributed by atoms with Crippen LogP contribution in [-0.4, -0.2) is 47.9 Å². The highest BCUT2D eigenvalue weighted by atomic mass is 16.5. The van der Waals surface area contributed by atoms with Crippen molar-refractivity contribution >= 4 is 11.6 Å². The average Bonchev–Trinajstić information content (AvgIpc) is 3.26. The third-order valence-corrected chi connectivity index (χ3v) is 6.50. The van der Waals surface area contributed by atoms with Gasteiger partial charge < -0.3 is 25.2 Å². The van der Waals surface area contributed by atoms with Crippen molar-refractivity contribution in [1.82, 2.24) is 25.8 Å². The van der Waals surface area contributed by atoms with Gasteiger partial charge in [-0.2, -0.15) is 0 Å². The number of ether oxygens (including phenoxy) is 1. The third kappa shape index (κ3) is 5.34. The molecular weight excluding hydrogens is 416 g/mol. The summed E-state index contributed by atoms with van der Waals surface area (Å²) in [5.41, 5.74) is 3.72. The monoisotopic (exact) mass is 448 g/mol. The van der Waals surface area contributed by atoms with Gasteiger partial charge in [0.15, 0.2) is 0 Å². The first-order chi connectivity index (χ1) is 16.3. The molecule has 2 saturated heterocycles. The fourth-order valence-electron chi connectivity index (χ4n) is 4.71. The molecule has 3 aromatic rings. The number of aryl methyl sites for hydroxylation is 1. The first-order valence-electron chi connectivity index (χ1n) is 12.0. The summed E-state index contributed by atoms with van der Waals surface area (Å²) >= 11 is 0. The Morgan fingerprint density at radius 2 is 2.03 bits per heavy atom. The van der Waals surface area contributed by atoms with Crippen molar-refractivity contribution in [2.45, 2.75) is 38.5 Å². The van der Waals surface area contributed by atoms with Crippen molar-refractivity contribution in [2.24, 2.45) is 5.92 Å². The summed E-state index contributed by atoms with van der Waals surface area (Å²) in [7, 11) is 0. The van der Waals surface area contributed by atoms with Crippen LogP contribution in [0.25, 0.3) is 11.3 Å². The molecule has 2 aromatic heterocycles. The van der Waals surface area contributed by atoms with Crippen LogP contribution in [-0.2, 0) is 0 Å². The average molecular weight is 449 g/mol. The van der Waals surface area contributed by atoms with E-state index in [2.05, 4.69) is 26.1 Å². The van der Waals surface area contributed by atoms with Gasteiger partial charge in [-0.1, -0.05) is 11.2 Å². The quantitative estimate of drug-likeness (QED) is 0.499. The normalized spacial score (nSPS) is 19.4. The van der Waals surface area contributed by atoms with Crippen LogP contribution in [0.15, 0.2) is 41.1 Å². The molecule has 0 bridgehead atoms. The molecule has 2 fully saturated rings. The molecule has 2 aliphatic rings. The fourth-order valence-corrected chi connectivity index (χ4v) is 4.71. The van der Waals surface area contributed by atoms with E-state index in [9.17, 15) is 0 Å². The van der Waals surface area contributed by atoms with Gasteiger partial charge in [-0.3, -0.25) is 0 Å². The van der Waals surface area contributed by atoms with Gasteiger partial charge in [0, 0.05) is 36.3 Å². The molecule has 4 heterocycles. The number of hydrogen-bond acceptors (Lipinski definition) is 8. The summed E-state index contributed by atoms with van der Waals surface area (Å²) in [5.74, 6) is 3.14. The summed E-state index contributed by atoms with van der Waals surface area (Å²) in [6.07, 6.45) is 6.32. The predicted molar refractivity (Wildman–Crippen MR) is 128 cm³/mol. The number of nitrogens with zero attached hydrogens (tertiary/aromatic N) is 3. The lowest BCUT2D eigenvalue weighted by atomic mass is 9.90. The molecular formula is C25H32N6O2. The van der Waals surface area contributed by atoms with E-state index in [1.54, 1.807) is 6.20 Å². The first-order valence-corrected chi connectivity index (χ1v) is 12.0. The number of piperidine rings is 2. The Balaban J connectivity index is 1.30. The van der Waals surface area contributed by atoms with Crippen molar-refractivity contribution in [3.63, 3.8) is 0 Å². The second-order valence-electron chi connectivity index (χ2n) is 8.96. The minimum Gasteiger partial charge on any atom is -0.493 e. The summed E-state index contributed by atoms with van der Waals surface area (Å²) in [4.78, 5) is 9.22. The molecule has 8 heteroatoms. The zero-order valence-electron chi connectivity index (χ0n) is 19.1. The molecule has 174 valence electrons. The molecule has 0 radical (unpaired) electrons. The van der Waals surface area contributed by atoms with E-state index in [0.29, 0.717) is 17.8 Å². The second-order valence-corrected chi connectivity index (χ2v) is 8.96. The van der Waals surface area contributed by atoms with Crippen LogP contribution in [0.2, 0.25) is 0 Å². The van der Waals surface area contributed by atoms with E-state index in [1.165, 1.54) is 12.8 Å². The van der Waals surface area contributed by atoms with Crippen LogP contribution < -0.4 is 20.7 Å². The van der Waals surface area contributed by atoms with Crippen molar-refractivity contribution in [3.8, 4) is 17.0 Å². The molecule has 0 aliphatic carbocycles. The van der Waals surface area contributed by atoms with Crippen molar-refractivity contribution in [3.05, 3.63) is 48.0 Å². The van der Waals surface area contributed by atoms with E-state index in [0.717, 1.165) is 79.8 Å². The maximum atomic E-state index is 6.06. The fraction of sp³-hybridized carbons (Fsp3) is 0.480. The van der Waals surface area contributed by atoms with Gasteiger partial charge in [-0.15, -0.1) is 0 Å². The van der Waals surface area contributed by atoms with Gasteiger partial charge in [-0.25, -0.2) is 9.97 Å². The topological polar surface area (TPSA) is 97.1 Å². The van der Waals surface area contributed by atoms with Crippen LogP contribution in [0.5, 0.6) is 5.75 Å². The number of rotatable bonds is 7. The van der Waals surface area contributed by atoms with Crippen LogP contribution in [0.4, 0.5) is 11.6 Å². The van der Waals surface area contributed by atoms with Crippen LogP contribution in [0.3, 0.4) is 0 Å². The van der Waals surface area contributed by atoms with Crippen molar-refractivity contribution in [1.29, 1.82) is 0 Å². The number of benzene rings is 1. The Morgan fingerprint density at radius 3 is 2.88 bits per heavy atom. The summed E-state index contributed by atoms with van der Waals surface area (Å²) in [6, 6.07) is 9.89. The Kier molecular flexibility index (Phi) is 6.83. The number of nitrogens with one attached hydrogen (secondary N) is 3. The van der Waals surface area contributed by atoms with Crippen LogP contribution >= 0.6 is 0 Å².